The van der Waals surface area contributed by atoms with Crippen LogP contribution in [-0.4, -0.2) is 23.8 Å². The molecule has 0 bridgehead atoms. The molecule has 96 valence electrons. The third-order valence-electron chi connectivity index (χ3n) is 3.39. The molecule has 0 aliphatic carbocycles. The molecule has 0 radical (unpaired) electrons. The number of benzene rings is 1. The first-order valence-corrected chi connectivity index (χ1v) is 6.88. The van der Waals surface area contributed by atoms with Gasteiger partial charge in [0.15, 0.2) is 5.78 Å². The molecule has 1 aliphatic rings. The molecule has 0 N–H and O–H groups in total. The predicted molar refractivity (Wildman–Crippen MR) is 74.6 cm³/mol. The van der Waals surface area contributed by atoms with Gasteiger partial charge in [0.05, 0.1) is 0 Å². The van der Waals surface area contributed by atoms with Crippen molar-refractivity contribution in [1.82, 2.24) is 4.90 Å². The molecule has 0 saturated carbocycles. The molecule has 0 atom stereocenters. The Morgan fingerprint density at radius 3 is 2.22 bits per heavy atom. The maximum absolute atomic E-state index is 11.9. The van der Waals surface area contributed by atoms with E-state index in [0.29, 0.717) is 0 Å². The molecule has 2 rings (SSSR count). The van der Waals surface area contributed by atoms with Gasteiger partial charge in [-0.2, -0.15) is 0 Å². The molecule has 0 spiro atoms. The number of nitrogens with zero attached hydrogens (tertiary/aromatic N) is 1. The van der Waals surface area contributed by atoms with Gasteiger partial charge >= 0.3 is 0 Å². The van der Waals surface area contributed by atoms with Gasteiger partial charge in [-0.1, -0.05) is 49.6 Å². The molecule has 1 saturated heterocycles. The van der Waals surface area contributed by atoms with Gasteiger partial charge in [-0.3, -0.25) is 4.79 Å². The quantitative estimate of drug-likeness (QED) is 0.596. The lowest BCUT2D eigenvalue weighted by molar-refractivity contribution is 0.104. The van der Waals surface area contributed by atoms with Crippen LogP contribution in [0.4, 0.5) is 0 Å². The summed E-state index contributed by atoms with van der Waals surface area (Å²) in [5.74, 6) is 0.0951. The van der Waals surface area contributed by atoms with Crippen LogP contribution >= 0.6 is 0 Å². The molecule has 1 aliphatic heterocycles. The second kappa shape index (κ2) is 7.00. The highest BCUT2D eigenvalue weighted by molar-refractivity contribution is 6.04. The molecule has 1 aromatic carbocycles. The lowest BCUT2D eigenvalue weighted by Crippen LogP contribution is -2.21. The Balaban J connectivity index is 1.91. The Morgan fingerprint density at radius 1 is 0.944 bits per heavy atom. The first-order chi connectivity index (χ1) is 8.86. The maximum Gasteiger partial charge on any atom is 0.187 e. The van der Waals surface area contributed by atoms with E-state index in [-0.39, 0.29) is 5.78 Å². The van der Waals surface area contributed by atoms with E-state index in [4.69, 9.17) is 0 Å². The molecule has 1 aromatic rings. The summed E-state index contributed by atoms with van der Waals surface area (Å²) in [6, 6.07) is 9.45. The summed E-state index contributed by atoms with van der Waals surface area (Å²) >= 11 is 0. The van der Waals surface area contributed by atoms with E-state index in [0.717, 1.165) is 18.7 Å². The largest absolute Gasteiger partial charge is 0.377 e. The fraction of sp³-hybridized carbons (Fsp3) is 0.438. The monoisotopic (exact) mass is 243 g/mol. The van der Waals surface area contributed by atoms with Crippen LogP contribution in [0.1, 0.15) is 42.5 Å². The van der Waals surface area contributed by atoms with Gasteiger partial charge < -0.3 is 4.90 Å². The van der Waals surface area contributed by atoms with Crippen molar-refractivity contribution in [2.75, 3.05) is 13.1 Å². The van der Waals surface area contributed by atoms with Crippen molar-refractivity contribution in [3.05, 3.63) is 48.2 Å². The highest BCUT2D eigenvalue weighted by Crippen LogP contribution is 2.11. The van der Waals surface area contributed by atoms with Crippen molar-refractivity contribution in [2.24, 2.45) is 0 Å². The van der Waals surface area contributed by atoms with Crippen LogP contribution in [0, 0.1) is 0 Å². The summed E-state index contributed by atoms with van der Waals surface area (Å²) in [5.41, 5.74) is 0.765. The lowest BCUT2D eigenvalue weighted by atomic mass is 10.1. The van der Waals surface area contributed by atoms with Crippen molar-refractivity contribution >= 4 is 5.78 Å². The molecular formula is C16H21NO. The third kappa shape index (κ3) is 4.02. The Morgan fingerprint density at radius 2 is 1.56 bits per heavy atom. The van der Waals surface area contributed by atoms with E-state index in [2.05, 4.69) is 4.90 Å². The maximum atomic E-state index is 11.9. The van der Waals surface area contributed by atoms with Crippen molar-refractivity contribution in [3.8, 4) is 0 Å². The van der Waals surface area contributed by atoms with Crippen LogP contribution in [0.2, 0.25) is 0 Å². The Kier molecular flexibility index (Phi) is 5.00. The first-order valence-electron chi connectivity index (χ1n) is 6.88. The van der Waals surface area contributed by atoms with Crippen LogP contribution in [0.15, 0.2) is 42.6 Å². The minimum Gasteiger partial charge on any atom is -0.377 e. The van der Waals surface area contributed by atoms with E-state index in [1.165, 1.54) is 32.1 Å². The lowest BCUT2D eigenvalue weighted by Gasteiger charge is -2.22. The smallest absolute Gasteiger partial charge is 0.187 e. The molecule has 1 fully saturated rings. The van der Waals surface area contributed by atoms with E-state index < -0.39 is 0 Å². The number of hydrogen-bond donors (Lipinski definition) is 0. The zero-order chi connectivity index (χ0) is 12.6. The Labute approximate surface area is 109 Å². The number of hydrogen-bond acceptors (Lipinski definition) is 2. The Hall–Kier alpha value is -1.57. The van der Waals surface area contributed by atoms with Gasteiger partial charge in [-0.05, 0) is 12.8 Å². The number of carbonyl (C=O) groups excluding carboxylic acids is 1. The van der Waals surface area contributed by atoms with Crippen LogP contribution in [0.25, 0.3) is 0 Å². The fourth-order valence-electron chi connectivity index (χ4n) is 2.29. The van der Waals surface area contributed by atoms with Crippen molar-refractivity contribution in [3.63, 3.8) is 0 Å². The van der Waals surface area contributed by atoms with Crippen molar-refractivity contribution in [1.29, 1.82) is 0 Å². The van der Waals surface area contributed by atoms with Crippen molar-refractivity contribution in [2.45, 2.75) is 32.1 Å². The summed E-state index contributed by atoms with van der Waals surface area (Å²) in [5, 5.41) is 0. The molecule has 0 aromatic heterocycles. The summed E-state index contributed by atoms with van der Waals surface area (Å²) in [4.78, 5) is 14.2. The zero-order valence-electron chi connectivity index (χ0n) is 10.8. The number of allylic oxidation sites excluding steroid dienone is 1. The third-order valence-corrected chi connectivity index (χ3v) is 3.39. The van der Waals surface area contributed by atoms with Gasteiger partial charge in [0.1, 0.15) is 0 Å². The van der Waals surface area contributed by atoms with E-state index in [1.54, 1.807) is 6.08 Å². The first kappa shape index (κ1) is 12.9. The molecule has 1 heterocycles. The molecule has 2 heteroatoms. The van der Waals surface area contributed by atoms with Crippen LogP contribution in [0.5, 0.6) is 0 Å². The molecule has 2 nitrogen and oxygen atoms in total. The number of rotatable bonds is 3. The van der Waals surface area contributed by atoms with Gasteiger partial charge in [-0.15, -0.1) is 0 Å². The van der Waals surface area contributed by atoms with Crippen LogP contribution in [-0.2, 0) is 0 Å². The number of likely N-dealkylation sites (tertiary alicyclic amines) is 1. The second-order valence-electron chi connectivity index (χ2n) is 4.85. The average molecular weight is 243 g/mol. The molecule has 0 unspecified atom stereocenters. The average Bonchev–Trinajstić information content (AvgIpc) is 2.38. The van der Waals surface area contributed by atoms with E-state index in [9.17, 15) is 4.79 Å². The SMILES string of the molecule is O=C(C=CN1CCCCCCC1)c1ccccc1. The zero-order valence-corrected chi connectivity index (χ0v) is 10.8. The van der Waals surface area contributed by atoms with Gasteiger partial charge in [0.2, 0.25) is 0 Å². The van der Waals surface area contributed by atoms with Gasteiger partial charge in [-0.25, -0.2) is 0 Å². The van der Waals surface area contributed by atoms with Crippen LogP contribution < -0.4 is 0 Å². The molecule has 0 amide bonds. The molecular weight excluding hydrogens is 222 g/mol. The Bertz CT molecular complexity index is 389. The summed E-state index contributed by atoms with van der Waals surface area (Å²) < 4.78 is 0. The summed E-state index contributed by atoms with van der Waals surface area (Å²) in [6.45, 7) is 2.16. The summed E-state index contributed by atoms with van der Waals surface area (Å²) in [7, 11) is 0. The summed E-state index contributed by atoms with van der Waals surface area (Å²) in [6.07, 6.45) is 10.2. The fourth-order valence-corrected chi connectivity index (χ4v) is 2.29. The normalized spacial score (nSPS) is 17.4. The highest BCUT2D eigenvalue weighted by Gasteiger charge is 2.05. The highest BCUT2D eigenvalue weighted by atomic mass is 16.1. The minimum absolute atomic E-state index is 0.0951. The van der Waals surface area contributed by atoms with Gasteiger partial charge in [0.25, 0.3) is 0 Å². The predicted octanol–water partition coefficient (Wildman–Crippen LogP) is 3.65. The van der Waals surface area contributed by atoms with Crippen LogP contribution in [0.3, 0.4) is 0 Å². The number of carbonyl (C=O) groups is 1. The second-order valence-corrected chi connectivity index (χ2v) is 4.85. The topological polar surface area (TPSA) is 20.3 Å². The standard InChI is InChI=1S/C16H21NO/c18-16(15-9-5-4-6-10-15)11-14-17-12-7-2-1-3-8-13-17/h4-6,9-11,14H,1-3,7-8,12-13H2. The molecule has 18 heavy (non-hydrogen) atoms. The van der Waals surface area contributed by atoms with Crippen molar-refractivity contribution < 1.29 is 4.79 Å². The van der Waals surface area contributed by atoms with E-state index in [1.807, 2.05) is 36.5 Å². The van der Waals surface area contributed by atoms with E-state index >= 15 is 0 Å². The van der Waals surface area contributed by atoms with Gasteiger partial charge in [0, 0.05) is 30.9 Å². The minimum atomic E-state index is 0.0951. The number of ketones is 1.